The van der Waals surface area contributed by atoms with E-state index in [2.05, 4.69) is 26.2 Å². The molecule has 0 saturated heterocycles. The highest BCUT2D eigenvalue weighted by Crippen LogP contribution is 2.27. The van der Waals surface area contributed by atoms with Crippen LogP contribution in [0.1, 0.15) is 11.1 Å². The van der Waals surface area contributed by atoms with Crippen molar-refractivity contribution in [3.63, 3.8) is 0 Å². The van der Waals surface area contributed by atoms with Crippen molar-refractivity contribution in [2.75, 3.05) is 5.32 Å². The van der Waals surface area contributed by atoms with Crippen molar-refractivity contribution in [3.05, 3.63) is 63.1 Å². The molecule has 1 aliphatic heterocycles. The van der Waals surface area contributed by atoms with E-state index in [0.717, 1.165) is 15.6 Å². The molecule has 0 aliphatic carbocycles. The third kappa shape index (κ3) is 2.85. The summed E-state index contributed by atoms with van der Waals surface area (Å²) in [6.07, 6.45) is -1.44. The summed E-state index contributed by atoms with van der Waals surface area (Å²) in [5.41, 5.74) is 2.65. The second-order valence-corrected chi connectivity index (χ2v) is 5.89. The van der Waals surface area contributed by atoms with Gasteiger partial charge < -0.3 is 10.4 Å². The third-order valence-electron chi connectivity index (χ3n) is 3.10. The second kappa shape index (κ2) is 5.60. The van der Waals surface area contributed by atoms with Gasteiger partial charge >= 0.3 is 0 Å². The van der Waals surface area contributed by atoms with E-state index in [1.165, 1.54) is 0 Å². The van der Waals surface area contributed by atoms with E-state index in [0.29, 0.717) is 16.4 Å². The van der Waals surface area contributed by atoms with Gasteiger partial charge in [0.15, 0.2) is 0 Å². The molecule has 1 heterocycles. The lowest BCUT2D eigenvalue weighted by Gasteiger charge is -2.10. The largest absolute Gasteiger partial charge is 0.364 e. The normalized spacial score (nSPS) is 17.6. The van der Waals surface area contributed by atoms with Crippen LogP contribution < -0.4 is 5.32 Å². The van der Waals surface area contributed by atoms with E-state index in [9.17, 15) is 9.90 Å². The molecule has 0 saturated carbocycles. The Bertz CT molecular complexity index is 744. The summed E-state index contributed by atoms with van der Waals surface area (Å²) in [5.74, 6) is -0.553. The van der Waals surface area contributed by atoms with E-state index >= 15 is 0 Å². The van der Waals surface area contributed by atoms with Gasteiger partial charge in [0.05, 0.1) is 11.4 Å². The van der Waals surface area contributed by atoms with Crippen molar-refractivity contribution < 1.29 is 9.90 Å². The van der Waals surface area contributed by atoms with Gasteiger partial charge in [0.25, 0.3) is 5.91 Å². The molecule has 6 heteroatoms. The maximum absolute atomic E-state index is 11.8. The van der Waals surface area contributed by atoms with Crippen molar-refractivity contribution in [1.29, 1.82) is 0 Å². The van der Waals surface area contributed by atoms with Gasteiger partial charge in [0.2, 0.25) is 6.23 Å². The molecule has 1 aliphatic rings. The smallest absolute Gasteiger partial charge is 0.276 e. The number of hydrogen-bond donors (Lipinski definition) is 2. The van der Waals surface area contributed by atoms with Crippen LogP contribution >= 0.6 is 27.5 Å². The minimum atomic E-state index is -1.44. The lowest BCUT2D eigenvalue weighted by Crippen LogP contribution is -2.24. The van der Waals surface area contributed by atoms with Gasteiger partial charge in [-0.3, -0.25) is 4.79 Å². The summed E-state index contributed by atoms with van der Waals surface area (Å²) in [5, 5.41) is 13.1. The second-order valence-electron chi connectivity index (χ2n) is 4.54. The molecule has 2 aromatic carbocycles. The zero-order valence-electron chi connectivity index (χ0n) is 10.7. The number of benzene rings is 2. The highest BCUT2D eigenvalue weighted by Gasteiger charge is 2.24. The maximum atomic E-state index is 11.8. The molecule has 2 N–H and O–H groups in total. The Morgan fingerprint density at radius 3 is 2.62 bits per heavy atom. The van der Waals surface area contributed by atoms with Gasteiger partial charge in [-0.25, -0.2) is 4.99 Å². The molecule has 3 rings (SSSR count). The summed E-state index contributed by atoms with van der Waals surface area (Å²) in [7, 11) is 0. The minimum absolute atomic E-state index is 0.536. The van der Waals surface area contributed by atoms with Gasteiger partial charge in [-0.15, -0.1) is 0 Å². The lowest BCUT2D eigenvalue weighted by atomic mass is 10.0. The Hall–Kier alpha value is -1.69. The molecule has 0 spiro atoms. The first kappa shape index (κ1) is 14.3. The summed E-state index contributed by atoms with van der Waals surface area (Å²) in [6.45, 7) is 0. The average molecular weight is 366 g/mol. The van der Waals surface area contributed by atoms with E-state index < -0.39 is 12.1 Å². The lowest BCUT2D eigenvalue weighted by molar-refractivity contribution is -0.123. The van der Waals surface area contributed by atoms with Gasteiger partial charge in [0.1, 0.15) is 0 Å². The van der Waals surface area contributed by atoms with Crippen LogP contribution in [0, 0.1) is 0 Å². The Labute approximate surface area is 134 Å². The number of aliphatic imine (C=N–C) groups is 1. The number of fused-ring (bicyclic) bond motifs is 1. The van der Waals surface area contributed by atoms with Crippen LogP contribution in [0.4, 0.5) is 5.69 Å². The standard InChI is InChI=1S/C15H10BrClN2O2/c16-9-3-6-12-11(7-9)13(19-15(21)14(20)18-12)8-1-4-10(17)5-2-8/h1-7,15,21H,(H,18,20)/t15-/m1/s1. The third-order valence-corrected chi connectivity index (χ3v) is 3.84. The Balaban J connectivity index is 2.21. The fourth-order valence-electron chi connectivity index (χ4n) is 2.11. The van der Waals surface area contributed by atoms with Crippen LogP contribution in [0.3, 0.4) is 0 Å². The zero-order chi connectivity index (χ0) is 15.0. The van der Waals surface area contributed by atoms with Gasteiger partial charge in [-0.2, -0.15) is 0 Å². The first-order chi connectivity index (χ1) is 10.0. The van der Waals surface area contributed by atoms with Crippen molar-refractivity contribution in [2.24, 2.45) is 4.99 Å². The maximum Gasteiger partial charge on any atom is 0.276 e. The van der Waals surface area contributed by atoms with Crippen LogP contribution in [0.25, 0.3) is 0 Å². The summed E-state index contributed by atoms with van der Waals surface area (Å²) in [4.78, 5) is 15.9. The van der Waals surface area contributed by atoms with Crippen molar-refractivity contribution >= 4 is 44.8 Å². The number of halogens is 2. The molecule has 4 nitrogen and oxygen atoms in total. The number of hydrogen-bond acceptors (Lipinski definition) is 3. The number of nitrogens with one attached hydrogen (secondary N) is 1. The highest BCUT2D eigenvalue weighted by molar-refractivity contribution is 9.10. The van der Waals surface area contributed by atoms with E-state index in [-0.39, 0.29) is 0 Å². The van der Waals surface area contributed by atoms with Crippen molar-refractivity contribution in [2.45, 2.75) is 6.23 Å². The first-order valence-corrected chi connectivity index (χ1v) is 7.34. The Morgan fingerprint density at radius 1 is 1.19 bits per heavy atom. The van der Waals surface area contributed by atoms with Crippen LogP contribution in [-0.4, -0.2) is 23.0 Å². The monoisotopic (exact) mass is 364 g/mol. The molecular weight excluding hydrogens is 356 g/mol. The molecule has 21 heavy (non-hydrogen) atoms. The first-order valence-electron chi connectivity index (χ1n) is 6.17. The highest BCUT2D eigenvalue weighted by atomic mass is 79.9. The van der Waals surface area contributed by atoms with Crippen LogP contribution in [0.15, 0.2) is 51.9 Å². The van der Waals surface area contributed by atoms with Gasteiger partial charge in [-0.05, 0) is 30.3 Å². The number of aliphatic hydroxyl groups is 1. The fraction of sp³-hybridized carbons (Fsp3) is 0.0667. The SMILES string of the molecule is O=C1Nc2ccc(Br)cc2C(c2ccc(Cl)cc2)=N[C@@H]1O. The van der Waals surface area contributed by atoms with E-state index in [4.69, 9.17) is 11.6 Å². The zero-order valence-corrected chi connectivity index (χ0v) is 13.0. The molecule has 0 unspecified atom stereocenters. The summed E-state index contributed by atoms with van der Waals surface area (Å²) in [6, 6.07) is 12.5. The quantitative estimate of drug-likeness (QED) is 0.815. The number of rotatable bonds is 1. The number of amides is 1. The molecule has 0 bridgehead atoms. The number of benzodiazepines with no additional fused rings is 1. The summed E-state index contributed by atoms with van der Waals surface area (Å²) < 4.78 is 0.855. The van der Waals surface area contributed by atoms with Gasteiger partial charge in [-0.1, -0.05) is 39.7 Å². The number of carbonyl (C=O) groups is 1. The minimum Gasteiger partial charge on any atom is -0.364 e. The number of carbonyl (C=O) groups excluding carboxylic acids is 1. The number of anilines is 1. The summed E-state index contributed by atoms with van der Waals surface area (Å²) >= 11 is 9.30. The Kier molecular flexibility index (Phi) is 3.80. The molecule has 0 radical (unpaired) electrons. The average Bonchev–Trinajstić information content (AvgIpc) is 2.58. The Morgan fingerprint density at radius 2 is 1.90 bits per heavy atom. The molecule has 2 aromatic rings. The van der Waals surface area contributed by atoms with Crippen LogP contribution in [0.2, 0.25) is 5.02 Å². The fourth-order valence-corrected chi connectivity index (χ4v) is 2.59. The van der Waals surface area contributed by atoms with Crippen LogP contribution in [-0.2, 0) is 4.79 Å². The molecule has 1 amide bonds. The topological polar surface area (TPSA) is 61.7 Å². The number of aliphatic hydroxyl groups excluding tert-OH is 1. The molecule has 0 aromatic heterocycles. The number of nitrogens with zero attached hydrogens (tertiary/aromatic N) is 1. The molecular formula is C15H10BrClN2O2. The molecule has 0 fully saturated rings. The van der Waals surface area contributed by atoms with Crippen molar-refractivity contribution in [1.82, 2.24) is 0 Å². The van der Waals surface area contributed by atoms with E-state index in [1.54, 1.807) is 30.3 Å². The molecule has 1 atom stereocenters. The van der Waals surface area contributed by atoms with Crippen LogP contribution in [0.5, 0.6) is 0 Å². The van der Waals surface area contributed by atoms with Crippen molar-refractivity contribution in [3.8, 4) is 0 Å². The predicted octanol–water partition coefficient (Wildman–Crippen LogP) is 3.21. The van der Waals surface area contributed by atoms with Gasteiger partial charge in [0, 0.05) is 20.6 Å². The predicted molar refractivity (Wildman–Crippen MR) is 85.9 cm³/mol. The molecule has 106 valence electrons. The van der Waals surface area contributed by atoms with E-state index in [1.807, 2.05) is 12.1 Å².